The maximum absolute atomic E-state index is 11.9. The van der Waals surface area contributed by atoms with Gasteiger partial charge in [0.25, 0.3) is 0 Å². The molecule has 1 rings (SSSR count). The third-order valence-corrected chi connectivity index (χ3v) is 3.27. The Morgan fingerprint density at radius 1 is 1.26 bits per heavy atom. The first-order valence-corrected chi connectivity index (χ1v) is 6.90. The van der Waals surface area contributed by atoms with E-state index in [-0.39, 0.29) is 5.91 Å². The third-order valence-electron chi connectivity index (χ3n) is 3.27. The summed E-state index contributed by atoms with van der Waals surface area (Å²) in [6.07, 6.45) is 6.74. The second-order valence-electron chi connectivity index (χ2n) is 4.75. The van der Waals surface area contributed by atoms with E-state index in [0.717, 1.165) is 12.8 Å². The standard InChI is InChI=1S/C14H23NO4/c1-2-3-9-19-10-8-15-13(16)11-6-4-5-7-12(11)14(17)18/h4-5,11-12H,2-3,6-10H2,1H3,(H,15,16)(H,17,18). The molecule has 1 amide bonds. The summed E-state index contributed by atoms with van der Waals surface area (Å²) >= 11 is 0. The topological polar surface area (TPSA) is 75.6 Å². The van der Waals surface area contributed by atoms with Crippen LogP contribution in [0.1, 0.15) is 32.6 Å². The minimum Gasteiger partial charge on any atom is -0.481 e. The number of allylic oxidation sites excluding steroid dienone is 2. The number of carbonyl (C=O) groups excluding carboxylic acids is 1. The number of carboxylic acid groups (broad SMARTS) is 1. The monoisotopic (exact) mass is 269 g/mol. The molecule has 19 heavy (non-hydrogen) atoms. The van der Waals surface area contributed by atoms with Gasteiger partial charge in [-0.25, -0.2) is 0 Å². The van der Waals surface area contributed by atoms with Gasteiger partial charge >= 0.3 is 5.97 Å². The lowest BCUT2D eigenvalue weighted by molar-refractivity contribution is -0.147. The van der Waals surface area contributed by atoms with Crippen molar-refractivity contribution in [1.82, 2.24) is 5.32 Å². The fourth-order valence-corrected chi connectivity index (χ4v) is 2.10. The van der Waals surface area contributed by atoms with Crippen molar-refractivity contribution in [3.8, 4) is 0 Å². The number of hydrogen-bond acceptors (Lipinski definition) is 3. The smallest absolute Gasteiger partial charge is 0.307 e. The van der Waals surface area contributed by atoms with Crippen molar-refractivity contribution in [2.75, 3.05) is 19.8 Å². The largest absolute Gasteiger partial charge is 0.481 e. The van der Waals surface area contributed by atoms with E-state index in [1.54, 1.807) is 0 Å². The van der Waals surface area contributed by atoms with Gasteiger partial charge in [-0.3, -0.25) is 9.59 Å². The highest BCUT2D eigenvalue weighted by atomic mass is 16.5. The van der Waals surface area contributed by atoms with Gasteiger partial charge in [0, 0.05) is 13.2 Å². The summed E-state index contributed by atoms with van der Waals surface area (Å²) in [6.45, 7) is 3.71. The number of hydrogen-bond donors (Lipinski definition) is 2. The number of unbranched alkanes of at least 4 members (excludes halogenated alkanes) is 1. The van der Waals surface area contributed by atoms with Crippen LogP contribution in [0.4, 0.5) is 0 Å². The maximum Gasteiger partial charge on any atom is 0.307 e. The summed E-state index contributed by atoms with van der Waals surface area (Å²) in [5.41, 5.74) is 0. The molecule has 0 bridgehead atoms. The molecule has 0 saturated carbocycles. The Morgan fingerprint density at radius 3 is 2.58 bits per heavy atom. The number of ether oxygens (including phenoxy) is 1. The van der Waals surface area contributed by atoms with Crippen LogP contribution in [0.3, 0.4) is 0 Å². The molecule has 0 spiro atoms. The second-order valence-corrected chi connectivity index (χ2v) is 4.75. The highest BCUT2D eigenvalue weighted by molar-refractivity contribution is 5.85. The van der Waals surface area contributed by atoms with E-state index in [0.29, 0.717) is 32.6 Å². The zero-order valence-corrected chi connectivity index (χ0v) is 11.4. The molecule has 5 heteroatoms. The number of amides is 1. The molecule has 108 valence electrons. The van der Waals surface area contributed by atoms with Gasteiger partial charge in [0.1, 0.15) is 0 Å². The van der Waals surface area contributed by atoms with Crippen LogP contribution in [-0.4, -0.2) is 36.7 Å². The molecule has 0 aromatic carbocycles. The molecule has 0 heterocycles. The van der Waals surface area contributed by atoms with Gasteiger partial charge in [-0.15, -0.1) is 0 Å². The SMILES string of the molecule is CCCCOCCNC(=O)C1CC=CCC1C(=O)O. The zero-order chi connectivity index (χ0) is 14.1. The molecule has 0 aromatic heterocycles. The van der Waals surface area contributed by atoms with Crippen LogP contribution in [-0.2, 0) is 14.3 Å². The molecule has 1 aliphatic rings. The zero-order valence-electron chi connectivity index (χ0n) is 11.4. The van der Waals surface area contributed by atoms with Crippen LogP contribution in [0.5, 0.6) is 0 Å². The molecular weight excluding hydrogens is 246 g/mol. The van der Waals surface area contributed by atoms with Gasteiger partial charge < -0.3 is 15.2 Å². The van der Waals surface area contributed by atoms with Crippen molar-refractivity contribution in [2.24, 2.45) is 11.8 Å². The lowest BCUT2D eigenvalue weighted by atomic mass is 9.82. The quantitative estimate of drug-likeness (QED) is 0.518. The Hall–Kier alpha value is -1.36. The van der Waals surface area contributed by atoms with E-state index in [1.165, 1.54) is 0 Å². The predicted molar refractivity (Wildman–Crippen MR) is 71.7 cm³/mol. The minimum atomic E-state index is -0.899. The van der Waals surface area contributed by atoms with Gasteiger partial charge in [0.2, 0.25) is 5.91 Å². The number of carbonyl (C=O) groups is 2. The first-order valence-electron chi connectivity index (χ1n) is 6.90. The highest BCUT2D eigenvalue weighted by Gasteiger charge is 2.33. The Labute approximate surface area is 114 Å². The number of aliphatic carboxylic acids is 1. The molecule has 0 aromatic rings. The van der Waals surface area contributed by atoms with E-state index in [1.807, 2.05) is 12.2 Å². The van der Waals surface area contributed by atoms with Gasteiger partial charge in [0.05, 0.1) is 18.4 Å². The van der Waals surface area contributed by atoms with E-state index >= 15 is 0 Å². The summed E-state index contributed by atoms with van der Waals surface area (Å²) in [5, 5.41) is 11.8. The van der Waals surface area contributed by atoms with Gasteiger partial charge in [-0.2, -0.15) is 0 Å². The van der Waals surface area contributed by atoms with Crippen LogP contribution in [0.25, 0.3) is 0 Å². The van der Waals surface area contributed by atoms with E-state index in [9.17, 15) is 9.59 Å². The van der Waals surface area contributed by atoms with Crippen molar-refractivity contribution in [3.05, 3.63) is 12.2 Å². The fourth-order valence-electron chi connectivity index (χ4n) is 2.10. The average Bonchev–Trinajstić information content (AvgIpc) is 2.42. The Kier molecular flexibility index (Phi) is 7.18. The molecule has 2 unspecified atom stereocenters. The molecule has 1 aliphatic carbocycles. The van der Waals surface area contributed by atoms with Crippen molar-refractivity contribution in [2.45, 2.75) is 32.6 Å². The first kappa shape index (κ1) is 15.7. The lowest BCUT2D eigenvalue weighted by Gasteiger charge is -2.24. The van der Waals surface area contributed by atoms with Gasteiger partial charge in [0.15, 0.2) is 0 Å². The molecule has 2 N–H and O–H groups in total. The van der Waals surface area contributed by atoms with Crippen molar-refractivity contribution in [1.29, 1.82) is 0 Å². The van der Waals surface area contributed by atoms with E-state index in [4.69, 9.17) is 9.84 Å². The number of rotatable bonds is 8. The summed E-state index contributed by atoms with van der Waals surface area (Å²) in [4.78, 5) is 23.0. The van der Waals surface area contributed by atoms with Crippen LogP contribution in [0.15, 0.2) is 12.2 Å². The third kappa shape index (κ3) is 5.42. The molecule has 0 radical (unpaired) electrons. The van der Waals surface area contributed by atoms with Crippen LogP contribution in [0.2, 0.25) is 0 Å². The van der Waals surface area contributed by atoms with Crippen molar-refractivity contribution in [3.63, 3.8) is 0 Å². The molecular formula is C14H23NO4. The van der Waals surface area contributed by atoms with E-state index < -0.39 is 17.8 Å². The lowest BCUT2D eigenvalue weighted by Crippen LogP contribution is -2.40. The molecule has 0 aliphatic heterocycles. The summed E-state index contributed by atoms with van der Waals surface area (Å²) in [6, 6.07) is 0. The number of nitrogens with one attached hydrogen (secondary N) is 1. The van der Waals surface area contributed by atoms with Crippen LogP contribution in [0, 0.1) is 11.8 Å². The van der Waals surface area contributed by atoms with E-state index in [2.05, 4.69) is 12.2 Å². The molecule has 0 saturated heterocycles. The first-order chi connectivity index (χ1) is 9.16. The van der Waals surface area contributed by atoms with Crippen molar-refractivity contribution < 1.29 is 19.4 Å². The average molecular weight is 269 g/mol. The van der Waals surface area contributed by atoms with Crippen LogP contribution >= 0.6 is 0 Å². The van der Waals surface area contributed by atoms with Crippen molar-refractivity contribution >= 4 is 11.9 Å². The highest BCUT2D eigenvalue weighted by Crippen LogP contribution is 2.25. The number of carboxylic acids is 1. The minimum absolute atomic E-state index is 0.184. The maximum atomic E-state index is 11.9. The van der Waals surface area contributed by atoms with Gasteiger partial charge in [-0.1, -0.05) is 25.5 Å². The van der Waals surface area contributed by atoms with Crippen LogP contribution < -0.4 is 5.32 Å². The second kappa shape index (κ2) is 8.69. The molecule has 0 fully saturated rings. The Morgan fingerprint density at radius 2 is 1.95 bits per heavy atom. The fraction of sp³-hybridized carbons (Fsp3) is 0.714. The summed E-state index contributed by atoms with van der Waals surface area (Å²) in [7, 11) is 0. The molecule has 5 nitrogen and oxygen atoms in total. The predicted octanol–water partition coefficient (Wildman–Crippen LogP) is 1.59. The normalized spacial score (nSPS) is 22.2. The Bertz CT molecular complexity index is 327. The Balaban J connectivity index is 2.27. The summed E-state index contributed by atoms with van der Waals surface area (Å²) < 4.78 is 5.34. The summed E-state index contributed by atoms with van der Waals surface area (Å²) in [5.74, 6) is -2.15. The van der Waals surface area contributed by atoms with Gasteiger partial charge in [-0.05, 0) is 19.3 Å². The molecule has 2 atom stereocenters.